The second kappa shape index (κ2) is 9.23. The summed E-state index contributed by atoms with van der Waals surface area (Å²) in [5.41, 5.74) is 0.818. The van der Waals surface area contributed by atoms with Crippen LogP contribution in [0.4, 0.5) is 11.4 Å². The molecule has 1 amide bonds. The fourth-order valence-electron chi connectivity index (χ4n) is 2.34. The molecule has 0 aliphatic carbocycles. The number of ketones is 1. The summed E-state index contributed by atoms with van der Waals surface area (Å²) in [5, 5.41) is 13.4. The number of nitro groups is 1. The Bertz CT molecular complexity index is 864. The molecule has 0 aliphatic rings. The number of hydrogen-bond donors (Lipinski definition) is 1. The maximum Gasteiger partial charge on any atom is 0.306 e. The molecule has 0 atom stereocenters. The number of nitro benzene ring substituents is 1. The van der Waals surface area contributed by atoms with Gasteiger partial charge in [-0.2, -0.15) is 0 Å². The molecule has 0 unspecified atom stereocenters. The van der Waals surface area contributed by atoms with E-state index in [9.17, 15) is 24.5 Å². The summed E-state index contributed by atoms with van der Waals surface area (Å²) in [6, 6.07) is 12.9. The molecule has 0 fully saturated rings. The molecule has 0 radical (unpaired) electrons. The van der Waals surface area contributed by atoms with Crippen LogP contribution in [-0.2, 0) is 14.3 Å². The first kappa shape index (κ1) is 19.8. The topological polar surface area (TPSA) is 116 Å². The third kappa shape index (κ3) is 5.74. The van der Waals surface area contributed by atoms with Gasteiger partial charge in [0.05, 0.1) is 11.3 Å². The van der Waals surface area contributed by atoms with E-state index < -0.39 is 23.4 Å². The third-order valence-corrected chi connectivity index (χ3v) is 3.73. The van der Waals surface area contributed by atoms with Crippen molar-refractivity contribution >= 4 is 29.0 Å². The SMILES string of the molecule is Cc1cccc([N+](=O)[O-])c1NC(=O)COC(=O)CCC(=O)c1ccccc1. The molecular weight excluding hydrogens is 352 g/mol. The highest BCUT2D eigenvalue weighted by molar-refractivity contribution is 5.98. The van der Waals surface area contributed by atoms with E-state index in [0.29, 0.717) is 11.1 Å². The van der Waals surface area contributed by atoms with Crippen molar-refractivity contribution in [3.05, 3.63) is 69.8 Å². The van der Waals surface area contributed by atoms with Gasteiger partial charge in [0.2, 0.25) is 0 Å². The first-order chi connectivity index (χ1) is 12.9. The van der Waals surface area contributed by atoms with Gasteiger partial charge < -0.3 is 10.1 Å². The number of Topliss-reactive ketones (excluding diaryl/α,β-unsaturated/α-hetero) is 1. The van der Waals surface area contributed by atoms with Crippen molar-refractivity contribution in [2.75, 3.05) is 11.9 Å². The highest BCUT2D eigenvalue weighted by Crippen LogP contribution is 2.27. The van der Waals surface area contributed by atoms with Gasteiger partial charge in [0, 0.05) is 18.1 Å². The van der Waals surface area contributed by atoms with Gasteiger partial charge in [-0.15, -0.1) is 0 Å². The Labute approximate surface area is 155 Å². The van der Waals surface area contributed by atoms with Gasteiger partial charge in [-0.1, -0.05) is 42.5 Å². The fraction of sp³-hybridized carbons (Fsp3) is 0.211. The van der Waals surface area contributed by atoms with Crippen molar-refractivity contribution in [2.24, 2.45) is 0 Å². The Morgan fingerprint density at radius 3 is 2.41 bits per heavy atom. The number of aryl methyl sites for hydroxylation is 1. The molecule has 8 heteroatoms. The summed E-state index contributed by atoms with van der Waals surface area (Å²) in [6.45, 7) is 1.02. The molecule has 27 heavy (non-hydrogen) atoms. The highest BCUT2D eigenvalue weighted by Gasteiger charge is 2.18. The van der Waals surface area contributed by atoms with Crippen LogP contribution in [0.1, 0.15) is 28.8 Å². The van der Waals surface area contributed by atoms with E-state index in [1.54, 1.807) is 43.3 Å². The molecule has 1 N–H and O–H groups in total. The van der Waals surface area contributed by atoms with E-state index in [2.05, 4.69) is 5.32 Å². The monoisotopic (exact) mass is 370 g/mol. The van der Waals surface area contributed by atoms with Crippen LogP contribution in [0.5, 0.6) is 0 Å². The Balaban J connectivity index is 1.83. The van der Waals surface area contributed by atoms with Crippen molar-refractivity contribution in [3.8, 4) is 0 Å². The number of carbonyl (C=O) groups is 3. The quantitative estimate of drug-likeness (QED) is 0.330. The number of esters is 1. The van der Waals surface area contributed by atoms with Crippen LogP contribution in [0, 0.1) is 17.0 Å². The number of nitrogens with zero attached hydrogens (tertiary/aromatic N) is 1. The van der Waals surface area contributed by atoms with E-state index in [-0.39, 0.29) is 30.0 Å². The van der Waals surface area contributed by atoms with Crippen molar-refractivity contribution in [1.82, 2.24) is 0 Å². The maximum absolute atomic E-state index is 11.9. The van der Waals surface area contributed by atoms with E-state index in [1.165, 1.54) is 12.1 Å². The molecule has 2 aromatic rings. The van der Waals surface area contributed by atoms with Crippen LogP contribution < -0.4 is 5.32 Å². The number of hydrogen-bond acceptors (Lipinski definition) is 6. The van der Waals surface area contributed by atoms with Crippen LogP contribution in [-0.4, -0.2) is 29.2 Å². The number of para-hydroxylation sites is 1. The predicted molar refractivity (Wildman–Crippen MR) is 97.4 cm³/mol. The molecule has 0 spiro atoms. The van der Waals surface area contributed by atoms with Crippen LogP contribution in [0.2, 0.25) is 0 Å². The second-order valence-corrected chi connectivity index (χ2v) is 5.72. The minimum atomic E-state index is -0.700. The average molecular weight is 370 g/mol. The summed E-state index contributed by atoms with van der Waals surface area (Å²) >= 11 is 0. The normalized spacial score (nSPS) is 10.1. The number of ether oxygens (including phenoxy) is 1. The Hall–Kier alpha value is -3.55. The average Bonchev–Trinajstić information content (AvgIpc) is 2.66. The summed E-state index contributed by atoms with van der Waals surface area (Å²) in [4.78, 5) is 46.0. The third-order valence-electron chi connectivity index (χ3n) is 3.73. The van der Waals surface area contributed by atoms with Crippen LogP contribution >= 0.6 is 0 Å². The Kier molecular flexibility index (Phi) is 6.76. The van der Waals surface area contributed by atoms with Crippen LogP contribution in [0.3, 0.4) is 0 Å². The Morgan fingerprint density at radius 2 is 1.74 bits per heavy atom. The van der Waals surface area contributed by atoms with Gasteiger partial charge in [-0.25, -0.2) is 0 Å². The second-order valence-electron chi connectivity index (χ2n) is 5.72. The molecule has 0 bridgehead atoms. The summed E-state index contributed by atoms with van der Waals surface area (Å²) < 4.78 is 4.83. The summed E-state index contributed by atoms with van der Waals surface area (Å²) in [7, 11) is 0. The van der Waals surface area contributed by atoms with Crippen molar-refractivity contribution in [1.29, 1.82) is 0 Å². The summed E-state index contributed by atoms with van der Waals surface area (Å²) in [6.07, 6.45) is -0.195. The molecule has 0 saturated heterocycles. The van der Waals surface area contributed by atoms with Gasteiger partial charge in [0.25, 0.3) is 11.6 Å². The van der Waals surface area contributed by atoms with E-state index in [0.717, 1.165) is 0 Å². The number of amides is 1. The standard InChI is InChI=1S/C19H18N2O6/c1-13-6-5-9-15(21(25)26)19(13)20-17(23)12-27-18(24)11-10-16(22)14-7-3-2-4-8-14/h2-9H,10-12H2,1H3,(H,20,23). The lowest BCUT2D eigenvalue weighted by molar-refractivity contribution is -0.384. The fourth-order valence-corrected chi connectivity index (χ4v) is 2.34. The highest BCUT2D eigenvalue weighted by atomic mass is 16.6. The van der Waals surface area contributed by atoms with Crippen molar-refractivity contribution < 1.29 is 24.0 Å². The molecule has 0 aliphatic heterocycles. The maximum atomic E-state index is 11.9. The number of anilines is 1. The number of nitrogens with one attached hydrogen (secondary N) is 1. The van der Waals surface area contributed by atoms with Gasteiger partial charge >= 0.3 is 5.97 Å². The molecule has 140 valence electrons. The minimum absolute atomic E-state index is 0.0340. The zero-order valence-electron chi connectivity index (χ0n) is 14.6. The number of carbonyl (C=O) groups excluding carboxylic acids is 3. The van der Waals surface area contributed by atoms with Crippen molar-refractivity contribution in [2.45, 2.75) is 19.8 Å². The molecule has 8 nitrogen and oxygen atoms in total. The largest absolute Gasteiger partial charge is 0.456 e. The van der Waals surface area contributed by atoms with Gasteiger partial charge in [0.1, 0.15) is 5.69 Å². The van der Waals surface area contributed by atoms with E-state index in [1.807, 2.05) is 0 Å². The molecule has 2 aromatic carbocycles. The number of rotatable bonds is 8. The lowest BCUT2D eigenvalue weighted by Gasteiger charge is -2.09. The van der Waals surface area contributed by atoms with E-state index >= 15 is 0 Å². The lowest BCUT2D eigenvalue weighted by atomic mass is 10.1. The number of benzene rings is 2. The van der Waals surface area contributed by atoms with Gasteiger partial charge in [0.15, 0.2) is 12.4 Å². The molecule has 2 rings (SSSR count). The summed E-state index contributed by atoms with van der Waals surface area (Å²) in [5.74, 6) is -1.60. The predicted octanol–water partition coefficient (Wildman–Crippen LogP) is 3.05. The first-order valence-corrected chi connectivity index (χ1v) is 8.16. The zero-order valence-corrected chi connectivity index (χ0v) is 14.6. The zero-order chi connectivity index (χ0) is 19.8. The molecule has 0 aromatic heterocycles. The first-order valence-electron chi connectivity index (χ1n) is 8.16. The lowest BCUT2D eigenvalue weighted by Crippen LogP contribution is -2.22. The molecular formula is C19H18N2O6. The van der Waals surface area contributed by atoms with Crippen molar-refractivity contribution in [3.63, 3.8) is 0 Å². The Morgan fingerprint density at radius 1 is 1.04 bits per heavy atom. The van der Waals surface area contributed by atoms with Gasteiger partial charge in [-0.3, -0.25) is 24.5 Å². The van der Waals surface area contributed by atoms with Crippen LogP contribution in [0.15, 0.2) is 48.5 Å². The van der Waals surface area contributed by atoms with Crippen LogP contribution in [0.25, 0.3) is 0 Å². The smallest absolute Gasteiger partial charge is 0.306 e. The van der Waals surface area contributed by atoms with E-state index in [4.69, 9.17) is 4.74 Å². The molecule has 0 heterocycles. The molecule has 0 saturated carbocycles. The minimum Gasteiger partial charge on any atom is -0.456 e. The van der Waals surface area contributed by atoms with Gasteiger partial charge in [-0.05, 0) is 12.5 Å².